The zero-order valence-corrected chi connectivity index (χ0v) is 11.2. The lowest BCUT2D eigenvalue weighted by atomic mass is 10.3. The number of aromatic nitrogens is 2. The Morgan fingerprint density at radius 3 is 2.40 bits per heavy atom. The number of nitrogens with two attached hydrogens (primary N) is 1. The average molecular weight is 352 g/mol. The minimum Gasteiger partial charge on any atom is -0.435 e. The van der Waals surface area contributed by atoms with Gasteiger partial charge in [0.1, 0.15) is 5.82 Å². The van der Waals surface area contributed by atoms with Gasteiger partial charge in [-0.15, -0.1) is 10.2 Å². The third-order valence-corrected chi connectivity index (χ3v) is 2.81. The molecule has 0 unspecified atom stereocenters. The summed E-state index contributed by atoms with van der Waals surface area (Å²) in [6.07, 6.45) is -4.59. The summed E-state index contributed by atoms with van der Waals surface area (Å²) in [5.41, 5.74) is 4.53. The second-order valence-electron chi connectivity index (χ2n) is 3.66. The van der Waals surface area contributed by atoms with E-state index in [0.29, 0.717) is 6.07 Å². The van der Waals surface area contributed by atoms with Crippen LogP contribution >= 0.6 is 15.9 Å². The van der Waals surface area contributed by atoms with Crippen molar-refractivity contribution >= 4 is 21.6 Å². The molecule has 2 aromatic rings. The average Bonchev–Trinajstić information content (AvgIpc) is 2.35. The van der Waals surface area contributed by atoms with Crippen molar-refractivity contribution in [3.63, 3.8) is 0 Å². The zero-order valence-electron chi connectivity index (χ0n) is 9.58. The van der Waals surface area contributed by atoms with Gasteiger partial charge in [0.05, 0.1) is 10.2 Å². The summed E-state index contributed by atoms with van der Waals surface area (Å²) >= 11 is 2.93. The monoisotopic (exact) mass is 351 g/mol. The molecule has 0 saturated heterocycles. The molecule has 0 bridgehead atoms. The van der Waals surface area contributed by atoms with Crippen molar-refractivity contribution in [1.82, 2.24) is 10.2 Å². The third-order valence-electron chi connectivity index (χ3n) is 2.20. The molecule has 4 nitrogen and oxygen atoms in total. The van der Waals surface area contributed by atoms with Gasteiger partial charge >= 0.3 is 6.18 Å². The molecule has 1 aromatic heterocycles. The summed E-state index contributed by atoms with van der Waals surface area (Å²) < 4.78 is 55.4. The SMILES string of the molecule is Nc1cc(Br)c(F)cc1Oc1ccc(C(F)(F)F)nn1. The molecule has 0 aliphatic carbocycles. The van der Waals surface area contributed by atoms with Gasteiger partial charge in [-0.05, 0) is 28.1 Å². The highest BCUT2D eigenvalue weighted by Gasteiger charge is 2.33. The van der Waals surface area contributed by atoms with Crippen LogP contribution in [0.3, 0.4) is 0 Å². The first-order valence-electron chi connectivity index (χ1n) is 5.10. The van der Waals surface area contributed by atoms with E-state index >= 15 is 0 Å². The van der Waals surface area contributed by atoms with Gasteiger partial charge in [0.15, 0.2) is 11.4 Å². The number of rotatable bonds is 2. The Morgan fingerprint density at radius 2 is 1.85 bits per heavy atom. The second kappa shape index (κ2) is 5.23. The minimum atomic E-state index is -4.59. The number of anilines is 1. The number of hydrogen-bond acceptors (Lipinski definition) is 4. The summed E-state index contributed by atoms with van der Waals surface area (Å²) in [5.74, 6) is -0.930. The molecule has 0 atom stereocenters. The molecule has 9 heteroatoms. The number of hydrogen-bond donors (Lipinski definition) is 1. The first-order valence-corrected chi connectivity index (χ1v) is 5.90. The molecule has 1 aromatic carbocycles. The standard InChI is InChI=1S/C11H6BrF4N3O/c12-5-3-7(17)8(4-6(5)13)20-10-2-1-9(18-19-10)11(14,15)16/h1-4H,17H2. The van der Waals surface area contributed by atoms with Crippen LogP contribution in [0.2, 0.25) is 0 Å². The van der Waals surface area contributed by atoms with Crippen LogP contribution in [0.5, 0.6) is 11.6 Å². The first kappa shape index (κ1) is 14.5. The third kappa shape index (κ3) is 3.16. The molecule has 0 aliphatic heterocycles. The molecular weight excluding hydrogens is 346 g/mol. The molecule has 0 aliphatic rings. The van der Waals surface area contributed by atoms with E-state index < -0.39 is 17.7 Å². The van der Waals surface area contributed by atoms with Gasteiger partial charge in [-0.1, -0.05) is 0 Å². The van der Waals surface area contributed by atoms with E-state index in [9.17, 15) is 17.6 Å². The van der Waals surface area contributed by atoms with Crippen molar-refractivity contribution in [3.8, 4) is 11.6 Å². The molecular formula is C11H6BrF4N3O. The van der Waals surface area contributed by atoms with Gasteiger partial charge in [0, 0.05) is 12.1 Å². The zero-order chi connectivity index (χ0) is 14.9. The molecule has 2 rings (SSSR count). The molecule has 0 amide bonds. The number of benzene rings is 1. The van der Waals surface area contributed by atoms with Crippen LogP contribution in [0.1, 0.15) is 5.69 Å². The highest BCUT2D eigenvalue weighted by molar-refractivity contribution is 9.10. The second-order valence-corrected chi connectivity index (χ2v) is 4.52. The lowest BCUT2D eigenvalue weighted by molar-refractivity contribution is -0.141. The number of ether oxygens (including phenoxy) is 1. The predicted molar refractivity (Wildman–Crippen MR) is 65.6 cm³/mol. The van der Waals surface area contributed by atoms with Gasteiger partial charge in [-0.3, -0.25) is 0 Å². The highest BCUT2D eigenvalue weighted by Crippen LogP contribution is 2.32. The Balaban J connectivity index is 2.25. The van der Waals surface area contributed by atoms with E-state index in [1.54, 1.807) is 0 Å². The summed E-state index contributed by atoms with van der Waals surface area (Å²) in [4.78, 5) is 0. The Labute approximate surface area is 118 Å². The van der Waals surface area contributed by atoms with Crippen molar-refractivity contribution in [2.24, 2.45) is 0 Å². The molecule has 0 fully saturated rings. The highest BCUT2D eigenvalue weighted by atomic mass is 79.9. The van der Waals surface area contributed by atoms with Crippen LogP contribution in [0, 0.1) is 5.82 Å². The Bertz CT molecular complexity index is 631. The lowest BCUT2D eigenvalue weighted by Gasteiger charge is -2.09. The van der Waals surface area contributed by atoms with Crippen LogP contribution in [0.15, 0.2) is 28.7 Å². The van der Waals surface area contributed by atoms with E-state index in [1.165, 1.54) is 6.07 Å². The maximum absolute atomic E-state index is 13.3. The van der Waals surface area contributed by atoms with Crippen molar-refractivity contribution in [3.05, 3.63) is 40.2 Å². The topological polar surface area (TPSA) is 61.0 Å². The van der Waals surface area contributed by atoms with Crippen LogP contribution in [-0.4, -0.2) is 10.2 Å². The molecule has 2 N–H and O–H groups in total. The fourth-order valence-corrected chi connectivity index (χ4v) is 1.63. The summed E-state index contributed by atoms with van der Waals surface area (Å²) in [7, 11) is 0. The first-order chi connectivity index (χ1) is 9.27. The van der Waals surface area contributed by atoms with E-state index in [2.05, 4.69) is 26.1 Å². The van der Waals surface area contributed by atoms with Gasteiger partial charge < -0.3 is 10.5 Å². The molecule has 20 heavy (non-hydrogen) atoms. The van der Waals surface area contributed by atoms with E-state index in [-0.39, 0.29) is 21.8 Å². The molecule has 106 valence electrons. The largest absolute Gasteiger partial charge is 0.435 e. The smallest absolute Gasteiger partial charge is 0.435 e. The number of alkyl halides is 3. The minimum absolute atomic E-state index is 0.0697. The Morgan fingerprint density at radius 1 is 1.15 bits per heavy atom. The quantitative estimate of drug-likeness (QED) is 0.660. The van der Waals surface area contributed by atoms with Crippen LogP contribution < -0.4 is 10.5 Å². The normalized spacial score (nSPS) is 11.4. The van der Waals surface area contributed by atoms with E-state index in [4.69, 9.17) is 10.5 Å². The molecule has 1 heterocycles. The van der Waals surface area contributed by atoms with Crippen molar-refractivity contribution in [1.29, 1.82) is 0 Å². The fraction of sp³-hybridized carbons (Fsp3) is 0.0909. The van der Waals surface area contributed by atoms with Crippen molar-refractivity contribution in [2.75, 3.05) is 5.73 Å². The van der Waals surface area contributed by atoms with Gasteiger partial charge in [0.25, 0.3) is 0 Å². The molecule has 0 saturated carbocycles. The van der Waals surface area contributed by atoms with Crippen molar-refractivity contribution in [2.45, 2.75) is 6.18 Å². The van der Waals surface area contributed by atoms with Crippen LogP contribution in [0.25, 0.3) is 0 Å². The van der Waals surface area contributed by atoms with Gasteiger partial charge in [-0.2, -0.15) is 13.2 Å². The van der Waals surface area contributed by atoms with E-state index in [1.807, 2.05) is 0 Å². The summed E-state index contributed by atoms with van der Waals surface area (Å²) in [6, 6.07) is 3.92. The van der Waals surface area contributed by atoms with Crippen LogP contribution in [0.4, 0.5) is 23.2 Å². The fourth-order valence-electron chi connectivity index (χ4n) is 1.27. The maximum Gasteiger partial charge on any atom is 0.435 e. The number of halogens is 5. The van der Waals surface area contributed by atoms with Crippen LogP contribution in [-0.2, 0) is 6.18 Å². The lowest BCUT2D eigenvalue weighted by Crippen LogP contribution is -2.09. The summed E-state index contributed by atoms with van der Waals surface area (Å²) in [6.45, 7) is 0. The number of nitrogen functional groups attached to an aromatic ring is 1. The van der Waals surface area contributed by atoms with Crippen molar-refractivity contribution < 1.29 is 22.3 Å². The molecule has 0 radical (unpaired) electrons. The summed E-state index contributed by atoms with van der Waals surface area (Å²) in [5, 5.41) is 6.22. The van der Waals surface area contributed by atoms with E-state index in [0.717, 1.165) is 12.1 Å². The van der Waals surface area contributed by atoms with Gasteiger partial charge in [0.2, 0.25) is 5.88 Å². The van der Waals surface area contributed by atoms with Gasteiger partial charge in [-0.25, -0.2) is 4.39 Å². The predicted octanol–water partition coefficient (Wildman–Crippen LogP) is 3.77. The number of nitrogens with zero attached hydrogens (tertiary/aromatic N) is 2. The maximum atomic E-state index is 13.3. The Kier molecular flexibility index (Phi) is 3.80. The Hall–Kier alpha value is -1.90. The molecule has 0 spiro atoms.